The van der Waals surface area contributed by atoms with E-state index in [-0.39, 0.29) is 13.1 Å². The Bertz CT molecular complexity index is 771. The Hall–Kier alpha value is -2.16. The number of likely N-dealkylation sites (tertiary alicyclic amines) is 1. The van der Waals surface area contributed by atoms with Gasteiger partial charge in [0.05, 0.1) is 19.1 Å². The molecule has 27 heavy (non-hydrogen) atoms. The number of carboxylic acid groups (broad SMARTS) is 1. The molecule has 2 aliphatic heterocycles. The third-order valence-electron chi connectivity index (χ3n) is 5.11. The SMILES string of the molecule is COc1ccc(Cl)c2c1[C@@H](CN1CC(C(F)(F)F)CC1=O)N(C(=O)O)CC2. The van der Waals surface area contributed by atoms with Gasteiger partial charge in [0, 0.05) is 36.6 Å². The lowest BCUT2D eigenvalue weighted by molar-refractivity contribution is -0.171. The molecule has 2 aliphatic rings. The molecule has 0 aliphatic carbocycles. The first-order valence-corrected chi connectivity index (χ1v) is 8.70. The average Bonchev–Trinajstić information content (AvgIpc) is 2.96. The summed E-state index contributed by atoms with van der Waals surface area (Å²) in [6, 6.07) is 2.37. The molecule has 6 nitrogen and oxygen atoms in total. The van der Waals surface area contributed by atoms with Crippen molar-refractivity contribution in [3.63, 3.8) is 0 Å². The van der Waals surface area contributed by atoms with Crippen LogP contribution < -0.4 is 4.74 Å². The van der Waals surface area contributed by atoms with Gasteiger partial charge in [-0.2, -0.15) is 13.2 Å². The molecular formula is C17H18ClF3N2O4. The summed E-state index contributed by atoms with van der Waals surface area (Å²) in [5, 5.41) is 9.99. The molecule has 2 atom stereocenters. The summed E-state index contributed by atoms with van der Waals surface area (Å²) in [7, 11) is 1.42. The zero-order valence-electron chi connectivity index (χ0n) is 14.4. The topological polar surface area (TPSA) is 70.1 Å². The third kappa shape index (κ3) is 3.65. The lowest BCUT2D eigenvalue weighted by Gasteiger charge is -2.38. The van der Waals surface area contributed by atoms with Crippen LogP contribution in [0.5, 0.6) is 5.75 Å². The van der Waals surface area contributed by atoms with E-state index in [9.17, 15) is 27.9 Å². The highest BCUT2D eigenvalue weighted by molar-refractivity contribution is 6.31. The zero-order valence-corrected chi connectivity index (χ0v) is 15.2. The van der Waals surface area contributed by atoms with Gasteiger partial charge in [0.1, 0.15) is 5.75 Å². The number of rotatable bonds is 3. The molecule has 1 saturated heterocycles. The molecule has 148 valence electrons. The number of alkyl halides is 3. The Morgan fingerprint density at radius 2 is 2.11 bits per heavy atom. The molecule has 0 spiro atoms. The maximum atomic E-state index is 13.0. The minimum Gasteiger partial charge on any atom is -0.496 e. The highest BCUT2D eigenvalue weighted by atomic mass is 35.5. The van der Waals surface area contributed by atoms with E-state index in [1.54, 1.807) is 12.1 Å². The summed E-state index contributed by atoms with van der Waals surface area (Å²) in [5.41, 5.74) is 1.19. The maximum absolute atomic E-state index is 13.0. The normalized spacial score (nSPS) is 22.8. The minimum atomic E-state index is -4.47. The predicted octanol–water partition coefficient (Wildman–Crippen LogP) is 3.34. The minimum absolute atomic E-state index is 0.130. The summed E-state index contributed by atoms with van der Waals surface area (Å²) < 4.78 is 44.3. The summed E-state index contributed by atoms with van der Waals surface area (Å²) in [4.78, 5) is 26.0. The molecule has 0 aromatic heterocycles. The second-order valence-corrected chi connectivity index (χ2v) is 7.03. The first-order valence-electron chi connectivity index (χ1n) is 8.32. The van der Waals surface area contributed by atoms with Crippen molar-refractivity contribution in [3.8, 4) is 5.75 Å². The summed E-state index contributed by atoms with van der Waals surface area (Å²) in [6.45, 7) is -0.531. The third-order valence-corrected chi connectivity index (χ3v) is 5.46. The van der Waals surface area contributed by atoms with E-state index >= 15 is 0 Å². The quantitative estimate of drug-likeness (QED) is 0.835. The number of benzene rings is 1. The average molecular weight is 407 g/mol. The number of amides is 2. The Labute approximate surface area is 158 Å². The van der Waals surface area contributed by atoms with E-state index in [0.717, 1.165) is 9.80 Å². The molecule has 0 radical (unpaired) electrons. The standard InChI is InChI=1S/C17H18ClF3N2O4/c1-27-13-3-2-11(18)10-4-5-23(16(25)26)12(15(10)13)8-22-7-9(6-14(22)24)17(19,20)21/h2-3,9,12H,4-8H2,1H3,(H,25,26)/t9?,12-/m1/s1. The van der Waals surface area contributed by atoms with Crippen molar-refractivity contribution in [2.75, 3.05) is 26.7 Å². The molecule has 3 rings (SSSR count). The smallest absolute Gasteiger partial charge is 0.407 e. The van der Waals surface area contributed by atoms with Gasteiger partial charge in [-0.15, -0.1) is 0 Å². The van der Waals surface area contributed by atoms with Crippen molar-refractivity contribution in [2.45, 2.75) is 25.1 Å². The van der Waals surface area contributed by atoms with Crippen molar-refractivity contribution in [1.82, 2.24) is 9.80 Å². The van der Waals surface area contributed by atoms with E-state index in [1.807, 2.05) is 0 Å². The van der Waals surface area contributed by atoms with Crippen molar-refractivity contribution in [2.24, 2.45) is 5.92 Å². The summed E-state index contributed by atoms with van der Waals surface area (Å²) in [6.07, 6.45) is -5.95. The second-order valence-electron chi connectivity index (χ2n) is 6.63. The Morgan fingerprint density at radius 3 is 2.67 bits per heavy atom. The summed E-state index contributed by atoms with van der Waals surface area (Å²) in [5.74, 6) is -1.99. The first-order chi connectivity index (χ1) is 12.6. The molecule has 1 aromatic rings. The maximum Gasteiger partial charge on any atom is 0.407 e. The number of hydrogen-bond acceptors (Lipinski definition) is 3. The molecule has 1 aromatic carbocycles. The number of ether oxygens (including phenoxy) is 1. The van der Waals surface area contributed by atoms with Crippen molar-refractivity contribution in [1.29, 1.82) is 0 Å². The zero-order chi connectivity index (χ0) is 19.9. The Balaban J connectivity index is 1.96. The van der Waals surface area contributed by atoms with Crippen LogP contribution in [-0.4, -0.2) is 59.8 Å². The molecule has 1 N–H and O–H groups in total. The number of carbonyl (C=O) groups is 2. The fourth-order valence-electron chi connectivity index (χ4n) is 3.75. The van der Waals surface area contributed by atoms with Crippen LogP contribution >= 0.6 is 11.6 Å². The van der Waals surface area contributed by atoms with E-state index in [1.165, 1.54) is 7.11 Å². The fourth-order valence-corrected chi connectivity index (χ4v) is 4.01. The van der Waals surface area contributed by atoms with Crippen LogP contribution in [-0.2, 0) is 11.2 Å². The van der Waals surface area contributed by atoms with E-state index in [4.69, 9.17) is 16.3 Å². The largest absolute Gasteiger partial charge is 0.496 e. The van der Waals surface area contributed by atoms with Gasteiger partial charge in [0.25, 0.3) is 0 Å². The van der Waals surface area contributed by atoms with Crippen LogP contribution in [0.3, 0.4) is 0 Å². The highest BCUT2D eigenvalue weighted by Crippen LogP contribution is 2.42. The van der Waals surface area contributed by atoms with Gasteiger partial charge in [-0.1, -0.05) is 11.6 Å². The van der Waals surface area contributed by atoms with Crippen LogP contribution in [0.2, 0.25) is 5.02 Å². The van der Waals surface area contributed by atoms with Crippen molar-refractivity contribution >= 4 is 23.6 Å². The van der Waals surface area contributed by atoms with Gasteiger partial charge in [-0.05, 0) is 24.1 Å². The molecule has 10 heteroatoms. The van der Waals surface area contributed by atoms with Crippen LogP contribution in [0.15, 0.2) is 12.1 Å². The van der Waals surface area contributed by atoms with E-state index in [2.05, 4.69) is 0 Å². The Kier molecular flexibility index (Phi) is 5.16. The van der Waals surface area contributed by atoms with Gasteiger partial charge >= 0.3 is 12.3 Å². The molecule has 2 heterocycles. The van der Waals surface area contributed by atoms with Crippen LogP contribution in [0.4, 0.5) is 18.0 Å². The predicted molar refractivity (Wildman–Crippen MR) is 89.9 cm³/mol. The number of fused-ring (bicyclic) bond motifs is 1. The highest BCUT2D eigenvalue weighted by Gasteiger charge is 2.48. The number of methoxy groups -OCH3 is 1. The molecule has 1 fully saturated rings. The van der Waals surface area contributed by atoms with E-state index in [0.29, 0.717) is 28.3 Å². The lowest BCUT2D eigenvalue weighted by atomic mass is 9.91. The van der Waals surface area contributed by atoms with Gasteiger partial charge < -0.3 is 14.7 Å². The molecule has 0 bridgehead atoms. The van der Waals surface area contributed by atoms with Gasteiger partial charge in [0.2, 0.25) is 5.91 Å². The van der Waals surface area contributed by atoms with Gasteiger partial charge in [-0.3, -0.25) is 9.69 Å². The lowest BCUT2D eigenvalue weighted by Crippen LogP contribution is -2.45. The first kappa shape index (κ1) is 19.6. The molecule has 2 amide bonds. The monoisotopic (exact) mass is 406 g/mol. The molecular weight excluding hydrogens is 389 g/mol. The summed E-state index contributed by atoms with van der Waals surface area (Å²) >= 11 is 6.24. The Morgan fingerprint density at radius 1 is 1.41 bits per heavy atom. The fraction of sp³-hybridized carbons (Fsp3) is 0.529. The molecule has 1 unspecified atom stereocenters. The number of hydrogen-bond donors (Lipinski definition) is 1. The molecule has 0 saturated carbocycles. The second kappa shape index (κ2) is 7.10. The number of halogens is 4. The van der Waals surface area contributed by atoms with Crippen molar-refractivity contribution in [3.05, 3.63) is 28.3 Å². The van der Waals surface area contributed by atoms with Gasteiger partial charge in [-0.25, -0.2) is 4.79 Å². The van der Waals surface area contributed by atoms with Crippen LogP contribution in [0.1, 0.15) is 23.6 Å². The van der Waals surface area contributed by atoms with Crippen LogP contribution in [0, 0.1) is 5.92 Å². The van der Waals surface area contributed by atoms with Crippen LogP contribution in [0.25, 0.3) is 0 Å². The van der Waals surface area contributed by atoms with Crippen molar-refractivity contribution < 1.29 is 32.6 Å². The number of carbonyl (C=O) groups excluding carboxylic acids is 1. The van der Waals surface area contributed by atoms with Gasteiger partial charge in [0.15, 0.2) is 0 Å². The van der Waals surface area contributed by atoms with E-state index < -0.39 is 43.1 Å². The number of nitrogens with zero attached hydrogens (tertiary/aromatic N) is 2.